The van der Waals surface area contributed by atoms with Crippen molar-refractivity contribution < 1.29 is 4.79 Å². The molecule has 0 bridgehead atoms. The molecule has 0 aliphatic carbocycles. The second-order valence-corrected chi connectivity index (χ2v) is 5.55. The Bertz CT molecular complexity index is 635. The highest BCUT2D eigenvalue weighted by Gasteiger charge is 2.11. The number of ketones is 1. The van der Waals surface area contributed by atoms with E-state index in [9.17, 15) is 4.79 Å². The number of halogens is 3. The number of benzene rings is 2. The van der Waals surface area contributed by atoms with Crippen molar-refractivity contribution in [2.75, 3.05) is 0 Å². The van der Waals surface area contributed by atoms with Crippen molar-refractivity contribution in [1.29, 1.82) is 0 Å². The van der Waals surface area contributed by atoms with Gasteiger partial charge in [-0.1, -0.05) is 40.9 Å². The zero-order chi connectivity index (χ0) is 14.0. The maximum Gasteiger partial charge on any atom is 0.167 e. The molecule has 0 aliphatic rings. The van der Waals surface area contributed by atoms with E-state index in [-0.39, 0.29) is 12.2 Å². The van der Waals surface area contributed by atoms with Crippen LogP contribution in [0, 0.1) is 6.92 Å². The normalized spacial score (nSPS) is 10.5. The van der Waals surface area contributed by atoms with Crippen molar-refractivity contribution in [3.63, 3.8) is 0 Å². The molecule has 0 unspecified atom stereocenters. The molecule has 0 saturated carbocycles. The van der Waals surface area contributed by atoms with E-state index < -0.39 is 0 Å². The summed E-state index contributed by atoms with van der Waals surface area (Å²) in [4.78, 5) is 12.2. The van der Waals surface area contributed by atoms with Crippen molar-refractivity contribution in [2.45, 2.75) is 13.3 Å². The first-order chi connectivity index (χ1) is 8.97. The molecule has 0 heterocycles. The molecule has 2 aromatic rings. The van der Waals surface area contributed by atoms with Crippen LogP contribution in [0.1, 0.15) is 21.5 Å². The smallest absolute Gasteiger partial charge is 0.167 e. The molecule has 0 amide bonds. The maximum absolute atomic E-state index is 12.2. The monoisotopic (exact) mass is 312 g/mol. The fraction of sp³-hybridized carbons (Fsp3) is 0.133. The Hall–Kier alpha value is -1.02. The van der Waals surface area contributed by atoms with Crippen LogP contribution in [0.15, 0.2) is 36.4 Å². The molecule has 0 atom stereocenters. The zero-order valence-corrected chi connectivity index (χ0v) is 12.5. The number of hydrogen-bond acceptors (Lipinski definition) is 1. The molecule has 0 N–H and O–H groups in total. The average molecular weight is 314 g/mol. The van der Waals surface area contributed by atoms with Crippen LogP contribution in [0.3, 0.4) is 0 Å². The lowest BCUT2D eigenvalue weighted by Gasteiger charge is -2.06. The molecule has 0 saturated heterocycles. The minimum absolute atomic E-state index is 0.00369. The molecule has 1 nitrogen and oxygen atoms in total. The SMILES string of the molecule is Cc1cc(C(=O)Cc2ccc(Cl)cc2Cl)ccc1Cl. The van der Waals surface area contributed by atoms with Gasteiger partial charge in [-0.15, -0.1) is 0 Å². The van der Waals surface area contributed by atoms with Gasteiger partial charge in [0.05, 0.1) is 0 Å². The first-order valence-electron chi connectivity index (χ1n) is 5.70. The van der Waals surface area contributed by atoms with E-state index in [2.05, 4.69) is 0 Å². The van der Waals surface area contributed by atoms with Gasteiger partial charge in [0.1, 0.15) is 0 Å². The predicted molar refractivity (Wildman–Crippen MR) is 80.7 cm³/mol. The van der Waals surface area contributed by atoms with Crippen molar-refractivity contribution in [3.05, 3.63) is 68.2 Å². The number of rotatable bonds is 3. The molecule has 98 valence electrons. The molecule has 2 rings (SSSR count). The predicted octanol–water partition coefficient (Wildman–Crippen LogP) is 5.38. The second-order valence-electron chi connectivity index (χ2n) is 4.30. The summed E-state index contributed by atoms with van der Waals surface area (Å²) in [6, 6.07) is 10.4. The van der Waals surface area contributed by atoms with E-state index >= 15 is 0 Å². The van der Waals surface area contributed by atoms with Gasteiger partial charge in [0, 0.05) is 27.1 Å². The van der Waals surface area contributed by atoms with Crippen LogP contribution < -0.4 is 0 Å². The highest BCUT2D eigenvalue weighted by atomic mass is 35.5. The number of carbonyl (C=O) groups is 1. The molecular weight excluding hydrogens is 303 g/mol. The van der Waals surface area contributed by atoms with Gasteiger partial charge in [-0.3, -0.25) is 4.79 Å². The molecule has 0 spiro atoms. The summed E-state index contributed by atoms with van der Waals surface area (Å²) in [5, 5.41) is 1.72. The van der Waals surface area contributed by atoms with Gasteiger partial charge < -0.3 is 0 Å². The highest BCUT2D eigenvalue weighted by Crippen LogP contribution is 2.23. The quantitative estimate of drug-likeness (QED) is 0.695. The van der Waals surface area contributed by atoms with Gasteiger partial charge in [-0.25, -0.2) is 0 Å². The summed E-state index contributed by atoms with van der Waals surface area (Å²) in [7, 11) is 0. The van der Waals surface area contributed by atoms with Crippen LogP contribution in [0.4, 0.5) is 0 Å². The topological polar surface area (TPSA) is 17.1 Å². The van der Waals surface area contributed by atoms with Gasteiger partial charge in [0.25, 0.3) is 0 Å². The third kappa shape index (κ3) is 3.50. The molecule has 2 aromatic carbocycles. The maximum atomic E-state index is 12.2. The molecule has 4 heteroatoms. The summed E-state index contributed by atoms with van der Waals surface area (Å²) in [5.41, 5.74) is 2.28. The van der Waals surface area contributed by atoms with Crippen LogP contribution >= 0.6 is 34.8 Å². The lowest BCUT2D eigenvalue weighted by atomic mass is 10.0. The molecular formula is C15H11Cl3O. The van der Waals surface area contributed by atoms with E-state index in [4.69, 9.17) is 34.8 Å². The Morgan fingerprint density at radius 1 is 1.00 bits per heavy atom. The highest BCUT2D eigenvalue weighted by molar-refractivity contribution is 6.35. The van der Waals surface area contributed by atoms with Gasteiger partial charge in [0.2, 0.25) is 0 Å². The van der Waals surface area contributed by atoms with Gasteiger partial charge in [0.15, 0.2) is 5.78 Å². The third-order valence-corrected chi connectivity index (χ3v) is 3.86. The minimum Gasteiger partial charge on any atom is -0.294 e. The van der Waals surface area contributed by atoms with Crippen molar-refractivity contribution in [2.24, 2.45) is 0 Å². The summed E-state index contributed by atoms with van der Waals surface area (Å²) in [6.07, 6.45) is 0.247. The van der Waals surface area contributed by atoms with Crippen molar-refractivity contribution in [3.8, 4) is 0 Å². The number of aryl methyl sites for hydroxylation is 1. The lowest BCUT2D eigenvalue weighted by Crippen LogP contribution is -2.04. The van der Waals surface area contributed by atoms with Gasteiger partial charge in [-0.05, 0) is 48.4 Å². The van der Waals surface area contributed by atoms with Gasteiger partial charge >= 0.3 is 0 Å². The summed E-state index contributed by atoms with van der Waals surface area (Å²) < 4.78 is 0. The summed E-state index contributed by atoms with van der Waals surface area (Å²) in [5.74, 6) is 0.00369. The Morgan fingerprint density at radius 2 is 1.74 bits per heavy atom. The molecule has 0 aromatic heterocycles. The van der Waals surface area contributed by atoms with Crippen molar-refractivity contribution >= 4 is 40.6 Å². The largest absolute Gasteiger partial charge is 0.294 e. The fourth-order valence-corrected chi connectivity index (χ4v) is 2.35. The first kappa shape index (κ1) is 14.4. The molecule has 0 radical (unpaired) electrons. The molecule has 0 fully saturated rings. The standard InChI is InChI=1S/C15H11Cl3O/c1-9-6-11(3-5-13(9)17)15(19)7-10-2-4-12(16)8-14(10)18/h2-6,8H,7H2,1H3. The number of carbonyl (C=O) groups excluding carboxylic acids is 1. The zero-order valence-electron chi connectivity index (χ0n) is 10.2. The second kappa shape index (κ2) is 5.96. The Morgan fingerprint density at radius 3 is 2.37 bits per heavy atom. The minimum atomic E-state index is 0.00369. The average Bonchev–Trinajstić information content (AvgIpc) is 2.36. The summed E-state index contributed by atoms with van der Waals surface area (Å²) in [6.45, 7) is 1.87. The van der Waals surface area contributed by atoms with Crippen LogP contribution in [0.25, 0.3) is 0 Å². The molecule has 19 heavy (non-hydrogen) atoms. The van der Waals surface area contributed by atoms with Crippen LogP contribution in [-0.4, -0.2) is 5.78 Å². The Labute approximate surface area is 127 Å². The third-order valence-electron chi connectivity index (χ3n) is 2.85. The Balaban J connectivity index is 2.23. The van der Waals surface area contributed by atoms with Crippen LogP contribution in [0.5, 0.6) is 0 Å². The van der Waals surface area contributed by atoms with Gasteiger partial charge in [-0.2, -0.15) is 0 Å². The first-order valence-corrected chi connectivity index (χ1v) is 6.84. The van der Waals surface area contributed by atoms with E-state index in [1.54, 1.807) is 36.4 Å². The fourth-order valence-electron chi connectivity index (χ4n) is 1.76. The van der Waals surface area contributed by atoms with Crippen molar-refractivity contribution in [1.82, 2.24) is 0 Å². The summed E-state index contributed by atoms with van der Waals surface area (Å²) >= 11 is 17.8. The molecule has 0 aliphatic heterocycles. The van der Waals surface area contributed by atoms with E-state index in [0.717, 1.165) is 11.1 Å². The lowest BCUT2D eigenvalue weighted by molar-refractivity contribution is 0.0993. The van der Waals surface area contributed by atoms with E-state index in [1.807, 2.05) is 6.92 Å². The Kier molecular flexibility index (Phi) is 4.51. The van der Waals surface area contributed by atoms with Crippen LogP contribution in [0.2, 0.25) is 15.1 Å². The van der Waals surface area contributed by atoms with E-state index in [0.29, 0.717) is 20.6 Å². The van der Waals surface area contributed by atoms with Crippen LogP contribution in [-0.2, 0) is 6.42 Å². The number of Topliss-reactive ketones (excluding diaryl/α,β-unsaturated/α-hetero) is 1. The van der Waals surface area contributed by atoms with E-state index in [1.165, 1.54) is 0 Å². The number of hydrogen-bond donors (Lipinski definition) is 0.